The molecule has 0 saturated carbocycles. The van der Waals surface area contributed by atoms with Crippen LogP contribution in [0.15, 0.2) is 0 Å². The Labute approximate surface area is 68.4 Å². The summed E-state index contributed by atoms with van der Waals surface area (Å²) >= 11 is 0. The molecular formula is C9H18FN. The number of hydrogen-bond donors (Lipinski definition) is 1. The van der Waals surface area contributed by atoms with Crippen LogP contribution in [0.25, 0.3) is 0 Å². The third-order valence-electron chi connectivity index (χ3n) is 2.87. The summed E-state index contributed by atoms with van der Waals surface area (Å²) in [6.45, 7) is 6.58. The maximum absolute atomic E-state index is 13.9. The molecule has 1 nitrogen and oxygen atoms in total. The van der Waals surface area contributed by atoms with Crippen molar-refractivity contribution in [3.8, 4) is 0 Å². The Morgan fingerprint density at radius 3 is 2.55 bits per heavy atom. The van der Waals surface area contributed by atoms with Gasteiger partial charge in [0.1, 0.15) is 5.67 Å². The average Bonchev–Trinajstić information content (AvgIpc) is 2.37. The van der Waals surface area contributed by atoms with E-state index in [9.17, 15) is 4.39 Å². The minimum absolute atomic E-state index is 0.0856. The fraction of sp³-hybridized carbons (Fsp3) is 1.00. The molecule has 1 N–H and O–H groups in total. The van der Waals surface area contributed by atoms with Gasteiger partial charge in [-0.3, -0.25) is 0 Å². The molecule has 0 bridgehead atoms. The van der Waals surface area contributed by atoms with Gasteiger partial charge in [0.05, 0.1) is 0 Å². The summed E-state index contributed by atoms with van der Waals surface area (Å²) in [6.07, 6.45) is 2.11. The van der Waals surface area contributed by atoms with Crippen LogP contribution in [0.3, 0.4) is 0 Å². The molecule has 1 heterocycles. The zero-order chi connectivity index (χ0) is 8.48. The summed E-state index contributed by atoms with van der Waals surface area (Å²) in [5.41, 5.74) is -1.03. The first-order valence-corrected chi connectivity index (χ1v) is 4.47. The second-order valence-corrected chi connectivity index (χ2v) is 3.95. The van der Waals surface area contributed by atoms with Crippen molar-refractivity contribution >= 4 is 0 Å². The molecule has 0 aromatic carbocycles. The maximum atomic E-state index is 13.9. The van der Waals surface area contributed by atoms with Gasteiger partial charge < -0.3 is 5.32 Å². The van der Waals surface area contributed by atoms with E-state index in [4.69, 9.17) is 0 Å². The van der Waals surface area contributed by atoms with Crippen molar-refractivity contribution in [2.75, 3.05) is 6.54 Å². The summed E-state index contributed by atoms with van der Waals surface area (Å²) in [5.74, 6) is 0.109. The Morgan fingerprint density at radius 1 is 1.55 bits per heavy atom. The number of hydrogen-bond acceptors (Lipinski definition) is 1. The minimum atomic E-state index is -1.03. The fourth-order valence-corrected chi connectivity index (χ4v) is 1.57. The highest BCUT2D eigenvalue weighted by atomic mass is 19.1. The van der Waals surface area contributed by atoms with E-state index in [1.54, 1.807) is 6.92 Å². The highest BCUT2D eigenvalue weighted by Crippen LogP contribution is 2.29. The van der Waals surface area contributed by atoms with Crippen molar-refractivity contribution in [2.24, 2.45) is 5.92 Å². The highest BCUT2D eigenvalue weighted by molar-refractivity contribution is 4.93. The van der Waals surface area contributed by atoms with Crippen molar-refractivity contribution in [1.82, 2.24) is 5.32 Å². The summed E-state index contributed by atoms with van der Waals surface area (Å²) in [7, 11) is 0. The van der Waals surface area contributed by atoms with Crippen molar-refractivity contribution in [3.05, 3.63) is 0 Å². The lowest BCUT2D eigenvalue weighted by Gasteiger charge is -2.31. The second-order valence-electron chi connectivity index (χ2n) is 3.95. The number of halogens is 1. The lowest BCUT2D eigenvalue weighted by Crippen LogP contribution is -2.45. The quantitative estimate of drug-likeness (QED) is 0.650. The third-order valence-corrected chi connectivity index (χ3v) is 2.87. The van der Waals surface area contributed by atoms with E-state index in [0.29, 0.717) is 0 Å². The number of alkyl halides is 1. The fourth-order valence-electron chi connectivity index (χ4n) is 1.57. The van der Waals surface area contributed by atoms with E-state index >= 15 is 0 Å². The van der Waals surface area contributed by atoms with E-state index < -0.39 is 5.67 Å². The molecule has 2 atom stereocenters. The van der Waals surface area contributed by atoms with Crippen molar-refractivity contribution in [1.29, 1.82) is 0 Å². The van der Waals surface area contributed by atoms with E-state index in [0.717, 1.165) is 19.4 Å². The van der Waals surface area contributed by atoms with Gasteiger partial charge in [-0.2, -0.15) is 0 Å². The summed E-state index contributed by atoms with van der Waals surface area (Å²) in [6, 6.07) is 0.0856. The van der Waals surface area contributed by atoms with Gasteiger partial charge in [-0.1, -0.05) is 13.8 Å². The normalized spacial score (nSPS) is 30.8. The minimum Gasteiger partial charge on any atom is -0.311 e. The van der Waals surface area contributed by atoms with Gasteiger partial charge in [-0.15, -0.1) is 0 Å². The first-order chi connectivity index (χ1) is 5.05. The standard InChI is InChI=1S/C9H18FN/c1-7(2)9(3,10)8-5-4-6-11-8/h7-8,11H,4-6H2,1-3H3. The van der Waals surface area contributed by atoms with Crippen LogP contribution in [0, 0.1) is 5.92 Å². The van der Waals surface area contributed by atoms with Gasteiger partial charge in [-0.25, -0.2) is 4.39 Å². The van der Waals surface area contributed by atoms with Gasteiger partial charge in [0, 0.05) is 6.04 Å². The van der Waals surface area contributed by atoms with Crippen LogP contribution >= 0.6 is 0 Å². The Morgan fingerprint density at radius 2 is 2.18 bits per heavy atom. The Bertz CT molecular complexity index is 126. The van der Waals surface area contributed by atoms with E-state index in [2.05, 4.69) is 5.32 Å². The first-order valence-electron chi connectivity index (χ1n) is 4.47. The topological polar surface area (TPSA) is 12.0 Å². The first kappa shape index (κ1) is 8.98. The van der Waals surface area contributed by atoms with Crippen LogP contribution < -0.4 is 5.32 Å². The van der Waals surface area contributed by atoms with Gasteiger partial charge in [0.2, 0.25) is 0 Å². The molecule has 1 aliphatic rings. The maximum Gasteiger partial charge on any atom is 0.125 e. The number of nitrogens with one attached hydrogen (secondary N) is 1. The van der Waals surface area contributed by atoms with Crippen LogP contribution in [-0.2, 0) is 0 Å². The predicted octanol–water partition coefficient (Wildman–Crippen LogP) is 2.12. The van der Waals surface area contributed by atoms with Gasteiger partial charge in [-0.05, 0) is 32.2 Å². The largest absolute Gasteiger partial charge is 0.311 e. The van der Waals surface area contributed by atoms with Crippen molar-refractivity contribution in [2.45, 2.75) is 45.3 Å². The van der Waals surface area contributed by atoms with Gasteiger partial charge in [0.15, 0.2) is 0 Å². The lowest BCUT2D eigenvalue weighted by molar-refractivity contribution is 0.0807. The smallest absolute Gasteiger partial charge is 0.125 e. The Hall–Kier alpha value is -0.110. The lowest BCUT2D eigenvalue weighted by atomic mass is 9.86. The van der Waals surface area contributed by atoms with Gasteiger partial charge in [0.25, 0.3) is 0 Å². The summed E-state index contributed by atoms with van der Waals surface area (Å²) < 4.78 is 13.9. The molecule has 1 aliphatic heterocycles. The van der Waals surface area contributed by atoms with Crippen LogP contribution in [-0.4, -0.2) is 18.3 Å². The summed E-state index contributed by atoms with van der Waals surface area (Å²) in [5, 5.41) is 3.20. The molecule has 0 aliphatic carbocycles. The molecule has 1 saturated heterocycles. The van der Waals surface area contributed by atoms with E-state index in [1.807, 2.05) is 13.8 Å². The molecule has 2 heteroatoms. The molecule has 0 radical (unpaired) electrons. The zero-order valence-electron chi connectivity index (χ0n) is 7.65. The molecule has 0 aromatic rings. The molecule has 1 fully saturated rings. The van der Waals surface area contributed by atoms with Crippen LogP contribution in [0.5, 0.6) is 0 Å². The molecule has 2 unspecified atom stereocenters. The number of rotatable bonds is 2. The van der Waals surface area contributed by atoms with Crippen LogP contribution in [0.1, 0.15) is 33.6 Å². The van der Waals surface area contributed by atoms with Crippen LogP contribution in [0.2, 0.25) is 0 Å². The zero-order valence-corrected chi connectivity index (χ0v) is 7.65. The van der Waals surface area contributed by atoms with Crippen LogP contribution in [0.4, 0.5) is 4.39 Å². The summed E-state index contributed by atoms with van der Waals surface area (Å²) in [4.78, 5) is 0. The molecule has 0 aromatic heterocycles. The molecule has 0 spiro atoms. The van der Waals surface area contributed by atoms with Gasteiger partial charge >= 0.3 is 0 Å². The third kappa shape index (κ3) is 1.73. The second kappa shape index (κ2) is 3.10. The molecule has 11 heavy (non-hydrogen) atoms. The Balaban J connectivity index is 2.55. The monoisotopic (exact) mass is 159 g/mol. The highest BCUT2D eigenvalue weighted by Gasteiger charge is 2.38. The molecule has 0 amide bonds. The van der Waals surface area contributed by atoms with E-state index in [1.165, 1.54) is 0 Å². The molecule has 1 rings (SSSR count). The molecule has 66 valence electrons. The van der Waals surface area contributed by atoms with Crippen molar-refractivity contribution < 1.29 is 4.39 Å². The van der Waals surface area contributed by atoms with E-state index in [-0.39, 0.29) is 12.0 Å². The van der Waals surface area contributed by atoms with Crippen molar-refractivity contribution in [3.63, 3.8) is 0 Å². The predicted molar refractivity (Wildman–Crippen MR) is 45.4 cm³/mol. The average molecular weight is 159 g/mol. The molecular weight excluding hydrogens is 141 g/mol. The Kier molecular flexibility index (Phi) is 2.53. The SMILES string of the molecule is CC(C)C(C)(F)C1CCCN1.